The molecule has 1 aliphatic rings. The number of rotatable bonds is 2. The van der Waals surface area contributed by atoms with E-state index in [1.54, 1.807) is 4.68 Å². The van der Waals surface area contributed by atoms with Gasteiger partial charge in [0.05, 0.1) is 5.69 Å². The molecule has 0 aliphatic heterocycles. The molecule has 0 radical (unpaired) electrons. The van der Waals surface area contributed by atoms with Gasteiger partial charge in [0, 0.05) is 18.8 Å². The summed E-state index contributed by atoms with van der Waals surface area (Å²) in [7, 11) is 1.87. The van der Waals surface area contributed by atoms with Crippen LogP contribution in [0.5, 0.6) is 0 Å². The lowest BCUT2D eigenvalue weighted by Gasteiger charge is -2.09. The molecule has 0 saturated heterocycles. The van der Waals surface area contributed by atoms with Gasteiger partial charge in [-0.05, 0) is 19.8 Å². The zero-order valence-electron chi connectivity index (χ0n) is 7.46. The monoisotopic (exact) mass is 166 g/mol. The van der Waals surface area contributed by atoms with Crippen molar-refractivity contribution < 1.29 is 0 Å². The van der Waals surface area contributed by atoms with Gasteiger partial charge in [0.15, 0.2) is 5.82 Å². The number of nitrogens with one attached hydrogen (secondary N) is 1. The highest BCUT2D eigenvalue weighted by Gasteiger charge is 2.38. The maximum absolute atomic E-state index is 5.73. The minimum atomic E-state index is 0.252. The molecule has 12 heavy (non-hydrogen) atoms. The maximum Gasteiger partial charge on any atom is 0.171 e. The first-order valence-corrected chi connectivity index (χ1v) is 4.16. The average Bonchev–Trinajstić information content (AvgIpc) is 2.58. The SMILES string of the molecule is Cn1cc(N)c(NC2(C)CC2)n1. The molecule has 0 atom stereocenters. The molecule has 3 N–H and O–H groups in total. The number of aromatic nitrogens is 2. The molecule has 1 heterocycles. The van der Waals surface area contributed by atoms with E-state index in [0.29, 0.717) is 0 Å². The first-order valence-electron chi connectivity index (χ1n) is 4.16. The van der Waals surface area contributed by atoms with Gasteiger partial charge < -0.3 is 11.1 Å². The van der Waals surface area contributed by atoms with E-state index < -0.39 is 0 Å². The van der Waals surface area contributed by atoms with E-state index in [2.05, 4.69) is 17.3 Å². The number of hydrogen-bond donors (Lipinski definition) is 2. The summed E-state index contributed by atoms with van der Waals surface area (Å²) < 4.78 is 1.73. The fourth-order valence-corrected chi connectivity index (χ4v) is 1.20. The number of aryl methyl sites for hydroxylation is 1. The van der Waals surface area contributed by atoms with Crippen molar-refractivity contribution in [2.45, 2.75) is 25.3 Å². The lowest BCUT2D eigenvalue weighted by atomic mass is 10.3. The predicted octanol–water partition coefficient (Wildman–Crippen LogP) is 0.967. The topological polar surface area (TPSA) is 55.9 Å². The third-order valence-electron chi connectivity index (χ3n) is 2.28. The van der Waals surface area contributed by atoms with Crippen molar-refractivity contribution in [3.63, 3.8) is 0 Å². The molecular weight excluding hydrogens is 152 g/mol. The van der Waals surface area contributed by atoms with Gasteiger partial charge in [-0.15, -0.1) is 0 Å². The Hall–Kier alpha value is -1.19. The van der Waals surface area contributed by atoms with Crippen molar-refractivity contribution in [2.75, 3.05) is 11.1 Å². The fraction of sp³-hybridized carbons (Fsp3) is 0.625. The molecule has 0 aromatic carbocycles. The van der Waals surface area contributed by atoms with E-state index in [4.69, 9.17) is 5.73 Å². The van der Waals surface area contributed by atoms with Crippen molar-refractivity contribution in [3.8, 4) is 0 Å². The molecule has 1 fully saturated rings. The van der Waals surface area contributed by atoms with Crippen LogP contribution < -0.4 is 11.1 Å². The van der Waals surface area contributed by atoms with Crippen molar-refractivity contribution >= 4 is 11.5 Å². The third-order valence-corrected chi connectivity index (χ3v) is 2.28. The molecule has 1 saturated carbocycles. The molecular formula is C8H14N4. The lowest BCUT2D eigenvalue weighted by molar-refractivity contribution is 0.752. The Morgan fingerprint density at radius 2 is 2.33 bits per heavy atom. The van der Waals surface area contributed by atoms with Crippen LogP contribution >= 0.6 is 0 Å². The van der Waals surface area contributed by atoms with Crippen LogP contribution in [-0.2, 0) is 7.05 Å². The Morgan fingerprint density at radius 3 is 2.75 bits per heavy atom. The van der Waals surface area contributed by atoms with Crippen molar-refractivity contribution in [1.82, 2.24) is 9.78 Å². The minimum Gasteiger partial charge on any atom is -0.394 e. The highest BCUT2D eigenvalue weighted by atomic mass is 15.3. The summed E-state index contributed by atoms with van der Waals surface area (Å²) in [5.74, 6) is 0.817. The van der Waals surface area contributed by atoms with Crippen molar-refractivity contribution in [1.29, 1.82) is 0 Å². The van der Waals surface area contributed by atoms with Crippen molar-refractivity contribution in [2.24, 2.45) is 7.05 Å². The van der Waals surface area contributed by atoms with Gasteiger partial charge in [0.2, 0.25) is 0 Å². The number of anilines is 2. The van der Waals surface area contributed by atoms with Crippen LogP contribution in [0, 0.1) is 0 Å². The molecule has 1 aromatic rings. The van der Waals surface area contributed by atoms with Crippen LogP contribution in [0.1, 0.15) is 19.8 Å². The van der Waals surface area contributed by atoms with E-state index in [9.17, 15) is 0 Å². The van der Waals surface area contributed by atoms with Gasteiger partial charge in [0.25, 0.3) is 0 Å². The number of hydrogen-bond acceptors (Lipinski definition) is 3. The largest absolute Gasteiger partial charge is 0.394 e. The average molecular weight is 166 g/mol. The fourth-order valence-electron chi connectivity index (χ4n) is 1.20. The Morgan fingerprint density at radius 1 is 1.67 bits per heavy atom. The molecule has 1 aromatic heterocycles. The Bertz CT molecular complexity index is 298. The molecule has 66 valence electrons. The number of nitrogen functional groups attached to an aromatic ring is 1. The van der Waals surface area contributed by atoms with Crippen LogP contribution in [0.15, 0.2) is 6.20 Å². The van der Waals surface area contributed by atoms with Crippen LogP contribution in [0.4, 0.5) is 11.5 Å². The van der Waals surface area contributed by atoms with E-state index >= 15 is 0 Å². The first-order chi connectivity index (χ1) is 5.59. The highest BCUT2D eigenvalue weighted by molar-refractivity contribution is 5.61. The van der Waals surface area contributed by atoms with Crippen LogP contribution in [0.2, 0.25) is 0 Å². The van der Waals surface area contributed by atoms with E-state index in [-0.39, 0.29) is 5.54 Å². The molecule has 0 unspecified atom stereocenters. The van der Waals surface area contributed by atoms with E-state index in [1.165, 1.54) is 12.8 Å². The second kappa shape index (κ2) is 2.15. The zero-order valence-corrected chi connectivity index (χ0v) is 7.46. The highest BCUT2D eigenvalue weighted by Crippen LogP contribution is 2.38. The number of nitrogens with zero attached hydrogens (tertiary/aromatic N) is 2. The second-order valence-corrected chi connectivity index (χ2v) is 3.79. The van der Waals surface area contributed by atoms with Gasteiger partial charge in [-0.3, -0.25) is 4.68 Å². The minimum absolute atomic E-state index is 0.252. The summed E-state index contributed by atoms with van der Waals surface area (Å²) in [5, 5.41) is 7.54. The summed E-state index contributed by atoms with van der Waals surface area (Å²) in [4.78, 5) is 0. The summed E-state index contributed by atoms with van der Waals surface area (Å²) >= 11 is 0. The predicted molar refractivity (Wildman–Crippen MR) is 48.9 cm³/mol. The lowest BCUT2D eigenvalue weighted by Crippen LogP contribution is -2.17. The Labute approximate surface area is 71.7 Å². The van der Waals surface area contributed by atoms with Gasteiger partial charge in [-0.25, -0.2) is 0 Å². The Balaban J connectivity index is 2.17. The van der Waals surface area contributed by atoms with Crippen LogP contribution in [-0.4, -0.2) is 15.3 Å². The Kier molecular flexibility index (Phi) is 1.34. The third kappa shape index (κ3) is 1.24. The van der Waals surface area contributed by atoms with Crippen LogP contribution in [0.3, 0.4) is 0 Å². The summed E-state index contributed by atoms with van der Waals surface area (Å²) in [6.07, 6.45) is 4.24. The maximum atomic E-state index is 5.73. The molecule has 4 nitrogen and oxygen atoms in total. The van der Waals surface area contributed by atoms with Gasteiger partial charge in [-0.2, -0.15) is 5.10 Å². The standard InChI is InChI=1S/C8H14N4/c1-8(3-4-8)10-7-6(9)5-12(2)11-7/h5H,3-4,9H2,1-2H3,(H,10,11). The van der Waals surface area contributed by atoms with Gasteiger partial charge in [-0.1, -0.05) is 0 Å². The molecule has 4 heteroatoms. The van der Waals surface area contributed by atoms with Gasteiger partial charge >= 0.3 is 0 Å². The molecule has 0 bridgehead atoms. The van der Waals surface area contributed by atoms with Crippen molar-refractivity contribution in [3.05, 3.63) is 6.20 Å². The number of nitrogens with two attached hydrogens (primary N) is 1. The van der Waals surface area contributed by atoms with Crippen LogP contribution in [0.25, 0.3) is 0 Å². The molecule has 0 amide bonds. The molecule has 0 spiro atoms. The quantitative estimate of drug-likeness (QED) is 0.688. The van der Waals surface area contributed by atoms with E-state index in [1.807, 2.05) is 13.2 Å². The summed E-state index contributed by atoms with van der Waals surface area (Å²) in [5.41, 5.74) is 6.71. The second-order valence-electron chi connectivity index (χ2n) is 3.79. The summed E-state index contributed by atoms with van der Waals surface area (Å²) in [6.45, 7) is 2.18. The summed E-state index contributed by atoms with van der Waals surface area (Å²) in [6, 6.07) is 0. The first kappa shape index (κ1) is 7.46. The van der Waals surface area contributed by atoms with Gasteiger partial charge in [0.1, 0.15) is 0 Å². The molecule has 1 aliphatic carbocycles. The smallest absolute Gasteiger partial charge is 0.171 e. The normalized spacial score (nSPS) is 19.2. The molecule has 2 rings (SSSR count). The zero-order chi connectivity index (χ0) is 8.77. The van der Waals surface area contributed by atoms with E-state index in [0.717, 1.165) is 11.5 Å².